The number of carbonyl (C=O) groups is 1. The van der Waals surface area contributed by atoms with Crippen molar-refractivity contribution in [2.24, 2.45) is 5.92 Å². The van der Waals surface area contributed by atoms with Gasteiger partial charge in [-0.2, -0.15) is 4.98 Å². The molecule has 1 aliphatic carbocycles. The minimum atomic E-state index is 0.0159. The van der Waals surface area contributed by atoms with E-state index in [9.17, 15) is 4.79 Å². The number of benzene rings is 1. The molecule has 0 saturated heterocycles. The Morgan fingerprint density at radius 3 is 3.04 bits per heavy atom. The van der Waals surface area contributed by atoms with Crippen LogP contribution in [0.15, 0.2) is 36.4 Å². The van der Waals surface area contributed by atoms with Gasteiger partial charge in [-0.25, -0.2) is 4.52 Å². The number of aromatic nitrogens is 3. The van der Waals surface area contributed by atoms with Crippen molar-refractivity contribution in [3.05, 3.63) is 42.0 Å². The third-order valence-electron chi connectivity index (χ3n) is 4.53. The zero-order valence-electron chi connectivity index (χ0n) is 13.0. The zero-order chi connectivity index (χ0) is 16.1. The van der Waals surface area contributed by atoms with Crippen molar-refractivity contribution < 1.29 is 9.53 Å². The molecular formula is C18H16N4O2. The maximum atomic E-state index is 11.9. The molecule has 1 N–H and O–H groups in total. The summed E-state index contributed by atoms with van der Waals surface area (Å²) in [6.45, 7) is 0.740. The molecule has 1 fully saturated rings. The number of nitrogens with one attached hydrogen (secondary N) is 1. The van der Waals surface area contributed by atoms with Crippen LogP contribution >= 0.6 is 0 Å². The first-order valence-corrected chi connectivity index (χ1v) is 8.21. The van der Waals surface area contributed by atoms with Crippen LogP contribution in [0, 0.1) is 5.92 Å². The summed E-state index contributed by atoms with van der Waals surface area (Å²) in [5.74, 6) is 1.47. The van der Waals surface area contributed by atoms with Gasteiger partial charge in [-0.05, 0) is 48.7 Å². The number of pyridine rings is 1. The molecule has 5 rings (SSSR count). The fourth-order valence-electron chi connectivity index (χ4n) is 3.08. The van der Waals surface area contributed by atoms with Gasteiger partial charge in [0.15, 0.2) is 5.65 Å². The molecule has 0 atom stereocenters. The third kappa shape index (κ3) is 2.22. The highest BCUT2D eigenvalue weighted by Gasteiger charge is 2.30. The van der Waals surface area contributed by atoms with E-state index in [1.165, 1.54) is 5.56 Å². The average molecular weight is 320 g/mol. The lowest BCUT2D eigenvalue weighted by atomic mass is 10.1. The van der Waals surface area contributed by atoms with Crippen LogP contribution in [0.3, 0.4) is 0 Å². The van der Waals surface area contributed by atoms with E-state index in [1.54, 1.807) is 4.52 Å². The SMILES string of the molecule is O=C(Nc1nc2cccc(-c3ccc4c(c3)CCO4)n2n1)C1CC1. The predicted octanol–water partition coefficient (Wildman–Crippen LogP) is 2.68. The van der Waals surface area contributed by atoms with Gasteiger partial charge in [-0.3, -0.25) is 10.1 Å². The van der Waals surface area contributed by atoms with Crippen LogP contribution in [-0.4, -0.2) is 27.1 Å². The number of nitrogens with zero attached hydrogens (tertiary/aromatic N) is 3. The van der Waals surface area contributed by atoms with Crippen molar-refractivity contribution in [2.75, 3.05) is 11.9 Å². The number of rotatable bonds is 3. The topological polar surface area (TPSA) is 68.5 Å². The van der Waals surface area contributed by atoms with Crippen LogP contribution in [0.2, 0.25) is 0 Å². The lowest BCUT2D eigenvalue weighted by Gasteiger charge is -2.06. The smallest absolute Gasteiger partial charge is 0.249 e. The van der Waals surface area contributed by atoms with Crippen LogP contribution in [0.5, 0.6) is 5.75 Å². The van der Waals surface area contributed by atoms with Gasteiger partial charge in [-0.15, -0.1) is 5.10 Å². The molecule has 3 heterocycles. The van der Waals surface area contributed by atoms with Gasteiger partial charge in [0.1, 0.15) is 5.75 Å². The Kier molecular flexibility index (Phi) is 2.85. The number of hydrogen-bond acceptors (Lipinski definition) is 4. The van der Waals surface area contributed by atoms with E-state index in [4.69, 9.17) is 4.74 Å². The van der Waals surface area contributed by atoms with Crippen LogP contribution < -0.4 is 10.1 Å². The Balaban J connectivity index is 1.55. The van der Waals surface area contributed by atoms with Gasteiger partial charge >= 0.3 is 0 Å². The van der Waals surface area contributed by atoms with Crippen LogP contribution in [0.25, 0.3) is 16.9 Å². The first-order valence-electron chi connectivity index (χ1n) is 8.21. The monoisotopic (exact) mass is 320 g/mol. The lowest BCUT2D eigenvalue weighted by Crippen LogP contribution is -2.14. The Morgan fingerprint density at radius 1 is 1.25 bits per heavy atom. The molecule has 1 aromatic carbocycles. The number of hydrogen-bond donors (Lipinski definition) is 1. The number of carbonyl (C=O) groups excluding carboxylic acids is 1. The highest BCUT2D eigenvalue weighted by Crippen LogP contribution is 2.31. The lowest BCUT2D eigenvalue weighted by molar-refractivity contribution is -0.117. The summed E-state index contributed by atoms with van der Waals surface area (Å²) in [6.07, 6.45) is 2.85. The normalized spacial score (nSPS) is 16.0. The molecule has 0 radical (unpaired) electrons. The first-order chi connectivity index (χ1) is 11.8. The summed E-state index contributed by atoms with van der Waals surface area (Å²) in [6, 6.07) is 12.0. The van der Waals surface area contributed by atoms with Gasteiger partial charge in [0.05, 0.1) is 12.3 Å². The minimum absolute atomic E-state index is 0.0159. The van der Waals surface area contributed by atoms with E-state index in [-0.39, 0.29) is 11.8 Å². The Bertz CT molecular complexity index is 959. The largest absolute Gasteiger partial charge is 0.493 e. The minimum Gasteiger partial charge on any atom is -0.493 e. The summed E-state index contributed by atoms with van der Waals surface area (Å²) in [5.41, 5.74) is 3.94. The van der Waals surface area contributed by atoms with E-state index in [0.717, 1.165) is 48.5 Å². The average Bonchev–Trinajstić information content (AvgIpc) is 3.20. The maximum Gasteiger partial charge on any atom is 0.249 e. The van der Waals surface area contributed by atoms with E-state index >= 15 is 0 Å². The molecule has 2 aromatic heterocycles. The van der Waals surface area contributed by atoms with Gasteiger partial charge in [0.2, 0.25) is 11.9 Å². The van der Waals surface area contributed by atoms with Crippen molar-refractivity contribution in [3.63, 3.8) is 0 Å². The highest BCUT2D eigenvalue weighted by molar-refractivity contribution is 5.92. The van der Waals surface area contributed by atoms with Gasteiger partial charge < -0.3 is 4.74 Å². The van der Waals surface area contributed by atoms with Crippen LogP contribution in [-0.2, 0) is 11.2 Å². The molecule has 6 heteroatoms. The Hall–Kier alpha value is -2.89. The fraction of sp³-hybridized carbons (Fsp3) is 0.278. The molecule has 24 heavy (non-hydrogen) atoms. The second-order valence-corrected chi connectivity index (χ2v) is 6.30. The molecule has 1 saturated carbocycles. The standard InChI is InChI=1S/C18H16N4O2/c23-17(11-4-5-11)20-18-19-16-3-1-2-14(22(16)21-18)12-6-7-15-13(10-12)8-9-24-15/h1-3,6-7,10-11H,4-5,8-9H2,(H,20,21,23). The Morgan fingerprint density at radius 2 is 2.17 bits per heavy atom. The molecule has 2 aliphatic rings. The molecule has 1 amide bonds. The van der Waals surface area contributed by atoms with E-state index in [0.29, 0.717) is 5.95 Å². The molecule has 6 nitrogen and oxygen atoms in total. The van der Waals surface area contributed by atoms with Crippen molar-refractivity contribution in [1.29, 1.82) is 0 Å². The molecule has 120 valence electrons. The molecule has 0 bridgehead atoms. The molecular weight excluding hydrogens is 304 g/mol. The number of fused-ring (bicyclic) bond motifs is 2. The number of amides is 1. The third-order valence-corrected chi connectivity index (χ3v) is 4.53. The molecule has 1 aliphatic heterocycles. The van der Waals surface area contributed by atoms with Gasteiger partial charge in [-0.1, -0.05) is 6.07 Å². The van der Waals surface area contributed by atoms with Crippen LogP contribution in [0.4, 0.5) is 5.95 Å². The summed E-state index contributed by atoms with van der Waals surface area (Å²) >= 11 is 0. The van der Waals surface area contributed by atoms with E-state index in [2.05, 4.69) is 21.5 Å². The molecule has 0 unspecified atom stereocenters. The molecule has 0 spiro atoms. The second kappa shape index (κ2) is 5.06. The fourth-order valence-corrected chi connectivity index (χ4v) is 3.08. The highest BCUT2D eigenvalue weighted by atomic mass is 16.5. The van der Waals surface area contributed by atoms with Crippen molar-refractivity contribution >= 4 is 17.5 Å². The summed E-state index contributed by atoms with van der Waals surface area (Å²) < 4.78 is 7.35. The summed E-state index contributed by atoms with van der Waals surface area (Å²) in [7, 11) is 0. The summed E-state index contributed by atoms with van der Waals surface area (Å²) in [5, 5.41) is 7.29. The predicted molar refractivity (Wildman–Crippen MR) is 89.0 cm³/mol. The van der Waals surface area contributed by atoms with E-state index in [1.807, 2.05) is 30.3 Å². The maximum absolute atomic E-state index is 11.9. The van der Waals surface area contributed by atoms with Gasteiger partial charge in [0.25, 0.3) is 0 Å². The van der Waals surface area contributed by atoms with E-state index < -0.39 is 0 Å². The first kappa shape index (κ1) is 13.5. The second-order valence-electron chi connectivity index (χ2n) is 6.30. The zero-order valence-corrected chi connectivity index (χ0v) is 13.0. The number of ether oxygens (including phenoxy) is 1. The summed E-state index contributed by atoms with van der Waals surface area (Å²) in [4.78, 5) is 16.3. The van der Waals surface area contributed by atoms with Crippen molar-refractivity contribution in [3.8, 4) is 17.0 Å². The Labute approximate surface area is 138 Å². The quantitative estimate of drug-likeness (QED) is 0.805. The molecule has 3 aromatic rings. The van der Waals surface area contributed by atoms with Crippen LogP contribution in [0.1, 0.15) is 18.4 Å². The van der Waals surface area contributed by atoms with Gasteiger partial charge in [0, 0.05) is 17.9 Å². The van der Waals surface area contributed by atoms with Crippen molar-refractivity contribution in [1.82, 2.24) is 14.6 Å². The number of anilines is 1. The van der Waals surface area contributed by atoms with Crippen molar-refractivity contribution in [2.45, 2.75) is 19.3 Å².